The third-order valence-electron chi connectivity index (χ3n) is 3.23. The fourth-order valence-corrected chi connectivity index (χ4v) is 4.57. The van der Waals surface area contributed by atoms with Gasteiger partial charge in [0.1, 0.15) is 0 Å². The molecule has 5 heteroatoms. The van der Waals surface area contributed by atoms with E-state index in [1.807, 2.05) is 11.8 Å². The van der Waals surface area contributed by atoms with Crippen LogP contribution in [0.5, 0.6) is 0 Å². The Morgan fingerprint density at radius 1 is 1.53 bits per heavy atom. The highest BCUT2D eigenvalue weighted by atomic mass is 32.2. The smallest absolute Gasteiger partial charge is 0.261 e. The lowest BCUT2D eigenvalue weighted by Gasteiger charge is -2.18. The second-order valence-electron chi connectivity index (χ2n) is 5.40. The topological polar surface area (TPSA) is 55.1 Å². The van der Waals surface area contributed by atoms with Crippen LogP contribution in [0, 0.1) is 5.92 Å². The van der Waals surface area contributed by atoms with Gasteiger partial charge in [-0.2, -0.15) is 11.8 Å². The van der Waals surface area contributed by atoms with Gasteiger partial charge in [-0.15, -0.1) is 11.3 Å². The number of thiophene rings is 1. The zero-order valence-electron chi connectivity index (χ0n) is 11.6. The van der Waals surface area contributed by atoms with E-state index in [-0.39, 0.29) is 11.9 Å². The first-order valence-electron chi connectivity index (χ1n) is 6.80. The van der Waals surface area contributed by atoms with Gasteiger partial charge >= 0.3 is 0 Å². The monoisotopic (exact) mass is 298 g/mol. The summed E-state index contributed by atoms with van der Waals surface area (Å²) in [5.74, 6) is 2.81. The Morgan fingerprint density at radius 3 is 2.95 bits per heavy atom. The van der Waals surface area contributed by atoms with Gasteiger partial charge in [0.15, 0.2) is 0 Å². The number of thioether (sulfide) groups is 1. The predicted octanol–water partition coefficient (Wildman–Crippen LogP) is 2.64. The largest absolute Gasteiger partial charge is 0.347 e. The van der Waals surface area contributed by atoms with Crippen LogP contribution in [0.2, 0.25) is 0 Å². The van der Waals surface area contributed by atoms with E-state index in [9.17, 15) is 4.79 Å². The molecule has 0 saturated carbocycles. The lowest BCUT2D eigenvalue weighted by atomic mass is 10.0. The molecule has 1 aliphatic rings. The Hall–Kier alpha value is -0.520. The number of fused-ring (bicyclic) bond motifs is 1. The molecule has 0 bridgehead atoms. The number of nitrogens with one attached hydrogen (secondary N) is 1. The average molecular weight is 298 g/mol. The third kappa shape index (κ3) is 3.97. The van der Waals surface area contributed by atoms with Gasteiger partial charge in [-0.3, -0.25) is 4.79 Å². The van der Waals surface area contributed by atoms with Gasteiger partial charge in [-0.05, 0) is 36.1 Å². The SMILES string of the molecule is CC(C)CC(CN)NC(=O)c1cc2c(s1)CCSC2. The van der Waals surface area contributed by atoms with E-state index in [4.69, 9.17) is 5.73 Å². The zero-order valence-corrected chi connectivity index (χ0v) is 13.2. The van der Waals surface area contributed by atoms with Gasteiger partial charge in [0.05, 0.1) is 4.88 Å². The molecule has 3 nitrogen and oxygen atoms in total. The Morgan fingerprint density at radius 2 is 2.32 bits per heavy atom. The van der Waals surface area contributed by atoms with E-state index >= 15 is 0 Å². The highest BCUT2D eigenvalue weighted by Gasteiger charge is 2.19. The maximum atomic E-state index is 12.3. The van der Waals surface area contributed by atoms with Crippen LogP contribution in [0.25, 0.3) is 0 Å². The van der Waals surface area contributed by atoms with Crippen LogP contribution in [0.3, 0.4) is 0 Å². The van der Waals surface area contributed by atoms with Gasteiger partial charge in [-0.25, -0.2) is 0 Å². The molecule has 19 heavy (non-hydrogen) atoms. The van der Waals surface area contributed by atoms with E-state index in [1.165, 1.54) is 16.2 Å². The van der Waals surface area contributed by atoms with Crippen molar-refractivity contribution in [1.29, 1.82) is 0 Å². The molecular formula is C14H22N2OS2. The predicted molar refractivity (Wildman–Crippen MR) is 83.9 cm³/mol. The molecule has 0 radical (unpaired) electrons. The first-order chi connectivity index (χ1) is 9.10. The van der Waals surface area contributed by atoms with Crippen molar-refractivity contribution >= 4 is 29.0 Å². The Kier molecular flexibility index (Phi) is 5.30. The van der Waals surface area contributed by atoms with E-state index in [2.05, 4.69) is 25.2 Å². The molecular weight excluding hydrogens is 276 g/mol. The minimum absolute atomic E-state index is 0.0421. The molecule has 1 aliphatic heterocycles. The van der Waals surface area contributed by atoms with Crippen LogP contribution in [-0.2, 0) is 12.2 Å². The van der Waals surface area contributed by atoms with Crippen LogP contribution >= 0.6 is 23.1 Å². The quantitative estimate of drug-likeness (QED) is 0.878. The van der Waals surface area contributed by atoms with E-state index in [1.54, 1.807) is 11.3 Å². The van der Waals surface area contributed by atoms with Crippen LogP contribution in [-0.4, -0.2) is 24.2 Å². The molecule has 2 heterocycles. The van der Waals surface area contributed by atoms with Gasteiger partial charge in [0.25, 0.3) is 5.91 Å². The summed E-state index contributed by atoms with van der Waals surface area (Å²) in [4.78, 5) is 14.5. The van der Waals surface area contributed by atoms with Crippen molar-refractivity contribution in [3.05, 3.63) is 21.4 Å². The summed E-state index contributed by atoms with van der Waals surface area (Å²) in [6.07, 6.45) is 2.04. The number of amides is 1. The first-order valence-corrected chi connectivity index (χ1v) is 8.77. The number of carbonyl (C=O) groups excluding carboxylic acids is 1. The molecule has 1 amide bonds. The summed E-state index contributed by atoms with van der Waals surface area (Å²) >= 11 is 3.59. The zero-order chi connectivity index (χ0) is 13.8. The van der Waals surface area contributed by atoms with Crippen molar-refractivity contribution in [1.82, 2.24) is 5.32 Å². The number of rotatable bonds is 5. The minimum Gasteiger partial charge on any atom is -0.347 e. The molecule has 0 aromatic carbocycles. The minimum atomic E-state index is 0.0421. The standard InChI is InChI=1S/C14H22N2OS2/c1-9(2)5-11(7-15)16-14(17)13-6-10-8-18-4-3-12(10)19-13/h6,9,11H,3-5,7-8,15H2,1-2H3,(H,16,17). The summed E-state index contributed by atoms with van der Waals surface area (Å²) in [5.41, 5.74) is 7.08. The van der Waals surface area contributed by atoms with Crippen molar-refractivity contribution in [2.75, 3.05) is 12.3 Å². The Balaban J connectivity index is 2.00. The van der Waals surface area contributed by atoms with Crippen molar-refractivity contribution in [2.45, 2.75) is 38.5 Å². The van der Waals surface area contributed by atoms with Crippen LogP contribution in [0.15, 0.2) is 6.07 Å². The third-order valence-corrected chi connectivity index (χ3v) is 5.47. The fourth-order valence-electron chi connectivity index (χ4n) is 2.30. The second kappa shape index (κ2) is 6.77. The second-order valence-corrected chi connectivity index (χ2v) is 7.64. The molecule has 3 N–H and O–H groups in total. The number of hydrogen-bond donors (Lipinski definition) is 2. The van der Waals surface area contributed by atoms with Gasteiger partial charge in [0.2, 0.25) is 0 Å². The molecule has 106 valence electrons. The summed E-state index contributed by atoms with van der Waals surface area (Å²) in [6, 6.07) is 2.14. The normalized spacial score (nSPS) is 16.2. The fraction of sp³-hybridized carbons (Fsp3) is 0.643. The highest BCUT2D eigenvalue weighted by Crippen LogP contribution is 2.31. The summed E-state index contributed by atoms with van der Waals surface area (Å²) in [7, 11) is 0. The van der Waals surface area contributed by atoms with Crippen LogP contribution in [0.1, 0.15) is 40.4 Å². The maximum absolute atomic E-state index is 12.3. The van der Waals surface area contributed by atoms with E-state index < -0.39 is 0 Å². The lowest BCUT2D eigenvalue weighted by Crippen LogP contribution is -2.40. The molecule has 1 aromatic rings. The maximum Gasteiger partial charge on any atom is 0.261 e. The van der Waals surface area contributed by atoms with Crippen LogP contribution < -0.4 is 11.1 Å². The number of aryl methyl sites for hydroxylation is 1. The van der Waals surface area contributed by atoms with Crippen molar-refractivity contribution < 1.29 is 4.79 Å². The van der Waals surface area contributed by atoms with Crippen molar-refractivity contribution in [2.24, 2.45) is 11.7 Å². The van der Waals surface area contributed by atoms with Gasteiger partial charge < -0.3 is 11.1 Å². The first kappa shape index (κ1) is 14.9. The van der Waals surface area contributed by atoms with E-state index in [0.29, 0.717) is 12.5 Å². The van der Waals surface area contributed by atoms with Gasteiger partial charge in [0, 0.05) is 23.2 Å². The molecule has 0 saturated heterocycles. The number of nitrogens with two attached hydrogens (primary N) is 1. The average Bonchev–Trinajstić information content (AvgIpc) is 2.81. The van der Waals surface area contributed by atoms with E-state index in [0.717, 1.165) is 23.5 Å². The molecule has 1 atom stereocenters. The lowest BCUT2D eigenvalue weighted by molar-refractivity contribution is 0.0938. The highest BCUT2D eigenvalue weighted by molar-refractivity contribution is 7.98. The van der Waals surface area contributed by atoms with Gasteiger partial charge in [-0.1, -0.05) is 13.8 Å². The molecule has 2 rings (SSSR count). The van der Waals surface area contributed by atoms with Crippen LogP contribution in [0.4, 0.5) is 0 Å². The summed E-state index contributed by atoms with van der Waals surface area (Å²) in [5, 5.41) is 3.06. The Labute approximate surface area is 123 Å². The summed E-state index contributed by atoms with van der Waals surface area (Å²) in [6.45, 7) is 4.80. The number of carbonyl (C=O) groups is 1. The molecule has 0 aliphatic carbocycles. The van der Waals surface area contributed by atoms with Crippen molar-refractivity contribution in [3.63, 3.8) is 0 Å². The summed E-state index contributed by atoms with van der Waals surface area (Å²) < 4.78 is 0. The molecule has 1 aromatic heterocycles. The Bertz CT molecular complexity index is 419. The molecule has 0 spiro atoms. The van der Waals surface area contributed by atoms with Crippen molar-refractivity contribution in [3.8, 4) is 0 Å². The molecule has 0 fully saturated rings. The molecule has 1 unspecified atom stereocenters. The number of hydrogen-bond acceptors (Lipinski definition) is 4.